The van der Waals surface area contributed by atoms with Gasteiger partial charge in [0, 0.05) is 22.4 Å². The van der Waals surface area contributed by atoms with Crippen LogP contribution in [-0.4, -0.2) is 31.1 Å². The third kappa shape index (κ3) is 4.76. The van der Waals surface area contributed by atoms with Gasteiger partial charge in [-0.25, -0.2) is 9.78 Å². The summed E-state index contributed by atoms with van der Waals surface area (Å²) in [4.78, 5) is 30.6. The number of nitrogens with zero attached hydrogens (tertiary/aromatic N) is 1. The number of aromatic nitrogens is 1. The molecule has 4 rings (SSSR count). The Morgan fingerprint density at radius 2 is 1.94 bits per heavy atom. The van der Waals surface area contributed by atoms with Crippen LogP contribution in [0.3, 0.4) is 0 Å². The van der Waals surface area contributed by atoms with Gasteiger partial charge in [-0.2, -0.15) is 0 Å². The predicted molar refractivity (Wildman–Crippen MR) is 127 cm³/mol. The second kappa shape index (κ2) is 9.95. The van der Waals surface area contributed by atoms with Crippen LogP contribution in [0.2, 0.25) is 0 Å². The minimum Gasteiger partial charge on any atom is -0.496 e. The number of carbonyl (C=O) groups is 2. The fraction of sp³-hybridized carbons (Fsp3) is 0.480. The Kier molecular flexibility index (Phi) is 7.02. The SMILES string of the molecule is COc1c(C)c2c(c(OC)c1C/C=C(\C)CCC(=O)Nc1nc3c(s1)CCCC3)C(=O)OC2. The number of aryl methyl sites for hydroxylation is 2. The number of cyclic esters (lactones) is 1. The molecule has 0 saturated heterocycles. The third-order valence-electron chi connectivity index (χ3n) is 6.32. The largest absolute Gasteiger partial charge is 0.496 e. The summed E-state index contributed by atoms with van der Waals surface area (Å²) in [5, 5.41) is 3.67. The molecule has 0 atom stereocenters. The van der Waals surface area contributed by atoms with E-state index in [0.717, 1.165) is 40.8 Å². The first-order valence-electron chi connectivity index (χ1n) is 11.3. The molecule has 1 aliphatic heterocycles. The van der Waals surface area contributed by atoms with Crippen molar-refractivity contribution in [1.29, 1.82) is 0 Å². The van der Waals surface area contributed by atoms with Crippen LogP contribution in [0.4, 0.5) is 5.13 Å². The summed E-state index contributed by atoms with van der Waals surface area (Å²) >= 11 is 1.60. The van der Waals surface area contributed by atoms with E-state index >= 15 is 0 Å². The Labute approximate surface area is 198 Å². The number of nitrogens with one attached hydrogen (secondary N) is 1. The van der Waals surface area contributed by atoms with Crippen molar-refractivity contribution in [1.82, 2.24) is 4.98 Å². The fourth-order valence-corrected chi connectivity index (χ4v) is 5.58. The molecule has 8 heteroatoms. The maximum absolute atomic E-state index is 12.5. The first-order valence-corrected chi connectivity index (χ1v) is 12.1. The lowest BCUT2D eigenvalue weighted by atomic mass is 9.94. The van der Waals surface area contributed by atoms with Gasteiger partial charge in [0.25, 0.3) is 0 Å². The van der Waals surface area contributed by atoms with Crippen molar-refractivity contribution in [2.24, 2.45) is 0 Å². The topological polar surface area (TPSA) is 86.8 Å². The van der Waals surface area contributed by atoms with Gasteiger partial charge >= 0.3 is 5.97 Å². The maximum atomic E-state index is 12.5. The molecule has 1 N–H and O–H groups in total. The molecule has 2 aliphatic rings. The van der Waals surface area contributed by atoms with Gasteiger partial charge in [0.1, 0.15) is 23.7 Å². The monoisotopic (exact) mass is 470 g/mol. The summed E-state index contributed by atoms with van der Waals surface area (Å²) in [6.45, 7) is 4.17. The molecule has 1 aromatic carbocycles. The first kappa shape index (κ1) is 23.3. The standard InChI is InChI=1S/C25H30N2O5S/c1-14(10-12-20(28)27-25-26-18-7-5-6-8-19(18)33-25)9-11-16-22(30-3)15(2)17-13-32-24(29)21(17)23(16)31-4/h9H,5-8,10-13H2,1-4H3,(H,26,27,28)/b14-9+. The molecular formula is C25H30N2O5S. The second-order valence-corrected chi connectivity index (χ2v) is 9.58. The molecule has 2 heterocycles. The summed E-state index contributed by atoms with van der Waals surface area (Å²) in [6, 6.07) is 0. The number of thiazole rings is 1. The number of carbonyl (C=O) groups excluding carboxylic acids is 2. The number of rotatable bonds is 8. The van der Waals surface area contributed by atoms with E-state index in [1.165, 1.54) is 17.7 Å². The normalized spacial score (nSPS) is 15.0. The highest BCUT2D eigenvalue weighted by Crippen LogP contribution is 2.42. The molecular weight excluding hydrogens is 440 g/mol. The number of hydrogen-bond donors (Lipinski definition) is 1. The Morgan fingerprint density at radius 1 is 1.18 bits per heavy atom. The molecule has 0 fully saturated rings. The zero-order chi connectivity index (χ0) is 23.5. The van der Waals surface area contributed by atoms with Crippen molar-refractivity contribution >= 4 is 28.3 Å². The highest BCUT2D eigenvalue weighted by Gasteiger charge is 2.32. The van der Waals surface area contributed by atoms with Crippen molar-refractivity contribution in [3.63, 3.8) is 0 Å². The first-order chi connectivity index (χ1) is 15.9. The van der Waals surface area contributed by atoms with Crippen LogP contribution >= 0.6 is 11.3 Å². The molecule has 176 valence electrons. The van der Waals surface area contributed by atoms with Crippen LogP contribution in [-0.2, 0) is 35.4 Å². The Bertz CT molecular complexity index is 1100. The van der Waals surface area contributed by atoms with Crippen molar-refractivity contribution in [2.45, 2.75) is 65.4 Å². The Balaban J connectivity index is 1.42. The number of esters is 1. The summed E-state index contributed by atoms with van der Waals surface area (Å²) in [5.74, 6) is 0.818. The molecule has 2 aromatic rings. The number of benzene rings is 1. The molecule has 0 bridgehead atoms. The summed E-state index contributed by atoms with van der Waals surface area (Å²) < 4.78 is 16.5. The lowest BCUT2D eigenvalue weighted by Crippen LogP contribution is -2.11. The number of methoxy groups -OCH3 is 2. The molecule has 0 saturated carbocycles. The van der Waals surface area contributed by atoms with Gasteiger partial charge in [-0.05, 0) is 57.9 Å². The highest BCUT2D eigenvalue weighted by molar-refractivity contribution is 7.15. The maximum Gasteiger partial charge on any atom is 0.342 e. The van der Waals surface area contributed by atoms with E-state index in [1.807, 2.05) is 13.8 Å². The minimum atomic E-state index is -0.366. The zero-order valence-corrected chi connectivity index (χ0v) is 20.4. The number of hydrogen-bond acceptors (Lipinski definition) is 7. The van der Waals surface area contributed by atoms with E-state index in [9.17, 15) is 9.59 Å². The van der Waals surface area contributed by atoms with E-state index in [1.54, 1.807) is 25.6 Å². The fourth-order valence-electron chi connectivity index (χ4n) is 4.51. The highest BCUT2D eigenvalue weighted by atomic mass is 32.1. The minimum absolute atomic E-state index is 0.0277. The quantitative estimate of drug-likeness (QED) is 0.435. The van der Waals surface area contributed by atoms with Crippen molar-refractivity contribution in [2.75, 3.05) is 19.5 Å². The van der Waals surface area contributed by atoms with Crippen LogP contribution < -0.4 is 14.8 Å². The molecule has 1 amide bonds. The molecule has 7 nitrogen and oxygen atoms in total. The van der Waals surface area contributed by atoms with Crippen molar-refractivity contribution in [3.05, 3.63) is 44.5 Å². The summed E-state index contributed by atoms with van der Waals surface area (Å²) in [7, 11) is 3.17. The lowest BCUT2D eigenvalue weighted by molar-refractivity contribution is -0.116. The van der Waals surface area contributed by atoms with Gasteiger partial charge in [0.15, 0.2) is 5.13 Å². The number of amides is 1. The molecule has 0 radical (unpaired) electrons. The number of ether oxygens (including phenoxy) is 3. The second-order valence-electron chi connectivity index (χ2n) is 8.50. The average Bonchev–Trinajstić information content (AvgIpc) is 3.39. The number of anilines is 1. The zero-order valence-electron chi connectivity index (χ0n) is 19.6. The van der Waals surface area contributed by atoms with Crippen LogP contribution in [0, 0.1) is 6.92 Å². The van der Waals surface area contributed by atoms with Crippen molar-refractivity contribution < 1.29 is 23.8 Å². The number of fused-ring (bicyclic) bond motifs is 2. The van der Waals surface area contributed by atoms with E-state index in [-0.39, 0.29) is 18.5 Å². The number of allylic oxidation sites excluding steroid dienone is 2. The van der Waals surface area contributed by atoms with Crippen LogP contribution in [0.15, 0.2) is 11.6 Å². The van der Waals surface area contributed by atoms with Gasteiger partial charge in [0.05, 0.1) is 19.9 Å². The van der Waals surface area contributed by atoms with Gasteiger partial charge in [-0.1, -0.05) is 11.6 Å². The third-order valence-corrected chi connectivity index (χ3v) is 7.40. The Morgan fingerprint density at radius 3 is 2.67 bits per heavy atom. The van der Waals surface area contributed by atoms with Crippen molar-refractivity contribution in [3.8, 4) is 11.5 Å². The van der Waals surface area contributed by atoms with E-state index in [4.69, 9.17) is 14.2 Å². The van der Waals surface area contributed by atoms with Gasteiger partial charge < -0.3 is 19.5 Å². The van der Waals surface area contributed by atoms with Crippen LogP contribution in [0.25, 0.3) is 0 Å². The van der Waals surface area contributed by atoms with E-state index in [0.29, 0.717) is 41.5 Å². The average molecular weight is 471 g/mol. The molecule has 1 aromatic heterocycles. The summed E-state index contributed by atoms with van der Waals surface area (Å²) in [6.07, 6.45) is 8.06. The van der Waals surface area contributed by atoms with Gasteiger partial charge in [-0.3, -0.25) is 4.79 Å². The molecule has 33 heavy (non-hydrogen) atoms. The molecule has 0 spiro atoms. The Hall–Kier alpha value is -2.87. The van der Waals surface area contributed by atoms with E-state index in [2.05, 4.69) is 16.4 Å². The molecule has 1 aliphatic carbocycles. The van der Waals surface area contributed by atoms with Crippen LogP contribution in [0.5, 0.6) is 11.5 Å². The van der Waals surface area contributed by atoms with E-state index < -0.39 is 0 Å². The summed E-state index contributed by atoms with van der Waals surface area (Å²) in [5.41, 5.74) is 5.24. The molecule has 0 unspecified atom stereocenters. The lowest BCUT2D eigenvalue weighted by Gasteiger charge is -2.18. The predicted octanol–water partition coefficient (Wildman–Crippen LogP) is 4.93. The van der Waals surface area contributed by atoms with Gasteiger partial charge in [-0.15, -0.1) is 11.3 Å². The smallest absolute Gasteiger partial charge is 0.342 e. The van der Waals surface area contributed by atoms with Crippen LogP contribution in [0.1, 0.15) is 70.2 Å². The van der Waals surface area contributed by atoms with Gasteiger partial charge in [0.2, 0.25) is 5.91 Å².